The number of aromatic nitrogens is 4. The number of nitrogens with zero attached hydrogens (tertiary/aromatic N) is 3. The third-order valence-corrected chi connectivity index (χ3v) is 4.94. The fourth-order valence-corrected chi connectivity index (χ4v) is 3.68. The average molecular weight is 309 g/mol. The van der Waals surface area contributed by atoms with Crippen LogP contribution in [0.5, 0.6) is 0 Å². The number of aromatic amines is 1. The molecular weight excluding hydrogens is 294 g/mol. The zero-order valence-electron chi connectivity index (χ0n) is 12.6. The predicted octanol–water partition coefficient (Wildman–Crippen LogP) is 4.24. The molecule has 0 amide bonds. The third kappa shape index (κ3) is 2.03. The van der Waals surface area contributed by atoms with Gasteiger partial charge in [-0.2, -0.15) is 5.10 Å². The number of benzene rings is 1. The first-order valence-corrected chi connectivity index (χ1v) is 7.88. The molecule has 0 aliphatic rings. The summed E-state index contributed by atoms with van der Waals surface area (Å²) in [5.74, 6) is 1.65. The van der Waals surface area contributed by atoms with Gasteiger partial charge in [0.1, 0.15) is 16.5 Å². The van der Waals surface area contributed by atoms with E-state index in [-0.39, 0.29) is 0 Å². The van der Waals surface area contributed by atoms with Crippen molar-refractivity contribution in [1.82, 2.24) is 20.2 Å². The largest absolute Gasteiger partial charge is 0.340 e. The monoisotopic (exact) mass is 309 g/mol. The van der Waals surface area contributed by atoms with E-state index < -0.39 is 0 Å². The molecule has 3 aromatic heterocycles. The smallest absolute Gasteiger partial charge is 0.143 e. The molecule has 0 aliphatic carbocycles. The summed E-state index contributed by atoms with van der Waals surface area (Å²) in [6.07, 6.45) is 1.82. The van der Waals surface area contributed by atoms with Crippen molar-refractivity contribution in [1.29, 1.82) is 0 Å². The van der Waals surface area contributed by atoms with Gasteiger partial charge in [0.2, 0.25) is 0 Å². The highest BCUT2D eigenvalue weighted by molar-refractivity contribution is 7.18. The zero-order valence-corrected chi connectivity index (χ0v) is 13.4. The zero-order chi connectivity index (χ0) is 15.3. The van der Waals surface area contributed by atoms with Gasteiger partial charge in [-0.05, 0) is 44.5 Å². The lowest BCUT2D eigenvalue weighted by Crippen LogP contribution is -1.98. The van der Waals surface area contributed by atoms with Gasteiger partial charge in [-0.15, -0.1) is 11.3 Å². The maximum absolute atomic E-state index is 4.60. The van der Waals surface area contributed by atoms with Crippen LogP contribution < -0.4 is 5.32 Å². The number of hydrogen-bond donors (Lipinski definition) is 2. The number of H-pyrrole nitrogens is 1. The second kappa shape index (κ2) is 4.78. The first-order valence-electron chi connectivity index (χ1n) is 7.06. The van der Waals surface area contributed by atoms with Crippen LogP contribution in [-0.2, 0) is 0 Å². The summed E-state index contributed by atoms with van der Waals surface area (Å²) < 4.78 is 0. The van der Waals surface area contributed by atoms with Crippen molar-refractivity contribution in [2.45, 2.75) is 20.8 Å². The summed E-state index contributed by atoms with van der Waals surface area (Å²) in [6.45, 7) is 6.17. The van der Waals surface area contributed by atoms with E-state index in [1.165, 1.54) is 10.4 Å². The molecule has 0 spiro atoms. The van der Waals surface area contributed by atoms with E-state index in [4.69, 9.17) is 0 Å². The van der Waals surface area contributed by atoms with Crippen molar-refractivity contribution in [3.63, 3.8) is 0 Å². The van der Waals surface area contributed by atoms with Crippen molar-refractivity contribution in [2.24, 2.45) is 0 Å². The minimum absolute atomic E-state index is 0.778. The van der Waals surface area contributed by atoms with Crippen molar-refractivity contribution in [2.75, 3.05) is 5.32 Å². The van der Waals surface area contributed by atoms with Crippen LogP contribution in [0.25, 0.3) is 21.1 Å². The van der Waals surface area contributed by atoms with Gasteiger partial charge in [0.15, 0.2) is 0 Å². The van der Waals surface area contributed by atoms with Gasteiger partial charge in [0, 0.05) is 16.0 Å². The Morgan fingerprint density at radius 3 is 2.86 bits per heavy atom. The van der Waals surface area contributed by atoms with Crippen LogP contribution in [0.1, 0.15) is 16.3 Å². The quantitative estimate of drug-likeness (QED) is 0.581. The van der Waals surface area contributed by atoms with Gasteiger partial charge in [0.25, 0.3) is 0 Å². The lowest BCUT2D eigenvalue weighted by Gasteiger charge is -2.08. The van der Waals surface area contributed by atoms with E-state index in [0.29, 0.717) is 0 Å². The Bertz CT molecular complexity index is 999. The molecular formula is C16H15N5S. The Balaban J connectivity index is 1.86. The lowest BCUT2D eigenvalue weighted by atomic mass is 10.2. The van der Waals surface area contributed by atoms with Gasteiger partial charge in [-0.3, -0.25) is 5.10 Å². The first-order chi connectivity index (χ1) is 10.6. The number of fused-ring (bicyclic) bond motifs is 2. The van der Waals surface area contributed by atoms with Crippen LogP contribution >= 0.6 is 11.3 Å². The van der Waals surface area contributed by atoms with Crippen LogP contribution in [-0.4, -0.2) is 20.2 Å². The number of hydrogen-bond acceptors (Lipinski definition) is 5. The summed E-state index contributed by atoms with van der Waals surface area (Å²) in [6, 6.07) is 6.11. The molecule has 0 radical (unpaired) electrons. The van der Waals surface area contributed by atoms with E-state index in [2.05, 4.69) is 45.4 Å². The van der Waals surface area contributed by atoms with Crippen LogP contribution in [0.4, 0.5) is 11.5 Å². The highest BCUT2D eigenvalue weighted by Gasteiger charge is 2.13. The maximum Gasteiger partial charge on any atom is 0.143 e. The third-order valence-electron chi connectivity index (χ3n) is 3.84. The van der Waals surface area contributed by atoms with Gasteiger partial charge in [-0.25, -0.2) is 9.97 Å². The van der Waals surface area contributed by atoms with E-state index in [0.717, 1.165) is 38.4 Å². The summed E-state index contributed by atoms with van der Waals surface area (Å²) in [5, 5.41) is 12.6. The summed E-state index contributed by atoms with van der Waals surface area (Å²) in [4.78, 5) is 11.5. The van der Waals surface area contributed by atoms with E-state index in [1.807, 2.05) is 25.3 Å². The Kier molecular flexibility index (Phi) is 2.87. The van der Waals surface area contributed by atoms with Crippen LogP contribution in [0.15, 0.2) is 24.4 Å². The Morgan fingerprint density at radius 1 is 1.14 bits per heavy atom. The predicted molar refractivity (Wildman–Crippen MR) is 91.0 cm³/mol. The second-order valence-corrected chi connectivity index (χ2v) is 6.58. The molecule has 3 heterocycles. The summed E-state index contributed by atoms with van der Waals surface area (Å²) in [7, 11) is 0. The van der Waals surface area contributed by atoms with E-state index >= 15 is 0 Å². The molecule has 4 rings (SSSR count). The Labute approximate surface area is 131 Å². The van der Waals surface area contributed by atoms with Gasteiger partial charge in [-0.1, -0.05) is 0 Å². The number of aryl methyl sites for hydroxylation is 3. The highest BCUT2D eigenvalue weighted by atomic mass is 32.1. The van der Waals surface area contributed by atoms with Gasteiger partial charge < -0.3 is 5.32 Å². The Hall–Kier alpha value is -2.47. The number of rotatable bonds is 2. The SMILES string of the molecule is Cc1nc(Nc2ccc3[nH]ncc3c2)c2c(C)c(C)sc2n1. The number of nitrogens with one attached hydrogen (secondary N) is 2. The summed E-state index contributed by atoms with van der Waals surface area (Å²) >= 11 is 1.72. The standard InChI is InChI=1S/C16H15N5S/c1-8-9(2)22-16-14(8)15(18-10(3)19-16)20-12-4-5-13-11(6-12)7-17-21-13/h4-7H,1-3H3,(H,17,21)(H,18,19,20). The normalized spacial score (nSPS) is 11.4. The molecule has 0 fully saturated rings. The average Bonchev–Trinajstić information content (AvgIpc) is 3.03. The van der Waals surface area contributed by atoms with Gasteiger partial charge in [0.05, 0.1) is 17.1 Å². The molecule has 0 bridgehead atoms. The minimum atomic E-state index is 0.778. The van der Waals surface area contributed by atoms with Crippen LogP contribution in [0, 0.1) is 20.8 Å². The molecule has 6 heteroatoms. The molecule has 0 saturated heterocycles. The molecule has 1 aromatic carbocycles. The molecule has 0 aliphatic heterocycles. The van der Waals surface area contributed by atoms with Crippen molar-refractivity contribution in [3.05, 3.63) is 40.7 Å². The molecule has 0 saturated carbocycles. The number of anilines is 2. The fourth-order valence-electron chi connectivity index (χ4n) is 2.60. The maximum atomic E-state index is 4.60. The molecule has 0 unspecified atom stereocenters. The van der Waals surface area contributed by atoms with E-state index in [1.54, 1.807) is 11.3 Å². The topological polar surface area (TPSA) is 66.5 Å². The minimum Gasteiger partial charge on any atom is -0.340 e. The van der Waals surface area contributed by atoms with Crippen molar-refractivity contribution < 1.29 is 0 Å². The van der Waals surface area contributed by atoms with Crippen molar-refractivity contribution >= 4 is 44.0 Å². The van der Waals surface area contributed by atoms with Crippen molar-refractivity contribution in [3.8, 4) is 0 Å². The molecule has 4 aromatic rings. The molecule has 110 valence electrons. The molecule has 5 nitrogen and oxygen atoms in total. The summed E-state index contributed by atoms with van der Waals surface area (Å²) in [5.41, 5.74) is 3.26. The van der Waals surface area contributed by atoms with E-state index in [9.17, 15) is 0 Å². The second-order valence-electron chi connectivity index (χ2n) is 5.38. The number of thiophene rings is 1. The molecule has 2 N–H and O–H groups in total. The van der Waals surface area contributed by atoms with Crippen LogP contribution in [0.3, 0.4) is 0 Å². The fraction of sp³-hybridized carbons (Fsp3) is 0.188. The molecule has 0 atom stereocenters. The first kappa shape index (κ1) is 13.2. The lowest BCUT2D eigenvalue weighted by molar-refractivity contribution is 1.10. The molecule has 22 heavy (non-hydrogen) atoms. The highest BCUT2D eigenvalue weighted by Crippen LogP contribution is 2.34. The Morgan fingerprint density at radius 2 is 2.00 bits per heavy atom. The van der Waals surface area contributed by atoms with Crippen LogP contribution in [0.2, 0.25) is 0 Å². The van der Waals surface area contributed by atoms with Gasteiger partial charge >= 0.3 is 0 Å².